The third kappa shape index (κ3) is 4.33. The highest BCUT2D eigenvalue weighted by Crippen LogP contribution is 2.26. The molecule has 0 saturated heterocycles. The van der Waals surface area contributed by atoms with Crippen molar-refractivity contribution in [2.24, 2.45) is 11.8 Å². The molecule has 0 radical (unpaired) electrons. The number of carbonyl (C=O) groups is 2. The highest BCUT2D eigenvalue weighted by atomic mass is 16.4. The molecule has 1 aromatic carbocycles. The quantitative estimate of drug-likeness (QED) is 0.818. The molecule has 2 N–H and O–H groups in total. The van der Waals surface area contributed by atoms with Gasteiger partial charge < -0.3 is 10.4 Å². The molecule has 0 bridgehead atoms. The van der Waals surface area contributed by atoms with Gasteiger partial charge in [0.1, 0.15) is 0 Å². The first kappa shape index (κ1) is 16.5. The molecule has 4 nitrogen and oxygen atoms in total. The smallest absolute Gasteiger partial charge is 0.308 e. The fraction of sp³-hybridized carbons (Fsp3) is 0.556. The van der Waals surface area contributed by atoms with Gasteiger partial charge in [-0.1, -0.05) is 56.0 Å². The molecule has 0 spiro atoms. The first-order valence-electron chi connectivity index (χ1n) is 8.17. The Balaban J connectivity index is 2.12. The molecule has 0 aliphatic heterocycles. The van der Waals surface area contributed by atoms with Gasteiger partial charge in [0.2, 0.25) is 5.91 Å². The zero-order valence-corrected chi connectivity index (χ0v) is 13.1. The number of carbonyl (C=O) groups excluding carboxylic acids is 1. The second-order valence-corrected chi connectivity index (χ2v) is 6.21. The molecular formula is C18H25NO3. The average molecular weight is 303 g/mol. The standard InChI is InChI=1S/C18H25NO3/c1-13(18(21)22)16(14-9-7-4-8-10-14)19-17(20)15-11-5-2-3-6-12-15/h4,7-10,13,15-16H,2-3,5-6,11-12H2,1H3,(H,19,20)(H,21,22). The minimum absolute atomic E-state index is 0.00357. The number of hydrogen-bond acceptors (Lipinski definition) is 2. The molecule has 4 heteroatoms. The SMILES string of the molecule is CC(C(=O)O)C(NC(=O)C1CCCCCC1)c1ccccc1. The first-order chi connectivity index (χ1) is 10.6. The summed E-state index contributed by atoms with van der Waals surface area (Å²) in [5.41, 5.74) is 0.847. The molecule has 0 aromatic heterocycles. The van der Waals surface area contributed by atoms with Gasteiger partial charge in [0, 0.05) is 5.92 Å². The van der Waals surface area contributed by atoms with Crippen LogP contribution in [0, 0.1) is 11.8 Å². The number of hydrogen-bond donors (Lipinski definition) is 2. The summed E-state index contributed by atoms with van der Waals surface area (Å²) in [6.07, 6.45) is 6.38. The number of rotatable bonds is 5. The molecule has 1 aliphatic rings. The van der Waals surface area contributed by atoms with Crippen molar-refractivity contribution in [3.8, 4) is 0 Å². The fourth-order valence-corrected chi connectivity index (χ4v) is 3.11. The van der Waals surface area contributed by atoms with Crippen LogP contribution in [-0.4, -0.2) is 17.0 Å². The van der Waals surface area contributed by atoms with E-state index in [-0.39, 0.29) is 11.8 Å². The Morgan fingerprint density at radius 3 is 2.23 bits per heavy atom. The lowest BCUT2D eigenvalue weighted by Crippen LogP contribution is -2.38. The summed E-state index contributed by atoms with van der Waals surface area (Å²) < 4.78 is 0. The molecule has 2 unspecified atom stereocenters. The summed E-state index contributed by atoms with van der Waals surface area (Å²) in [5, 5.41) is 12.3. The van der Waals surface area contributed by atoms with E-state index in [1.165, 1.54) is 12.8 Å². The average Bonchev–Trinajstić information content (AvgIpc) is 2.81. The molecule has 2 atom stereocenters. The Labute approximate surface area is 131 Å². The van der Waals surface area contributed by atoms with E-state index in [0.717, 1.165) is 31.2 Å². The Hall–Kier alpha value is -1.84. The number of benzene rings is 1. The van der Waals surface area contributed by atoms with Crippen molar-refractivity contribution in [3.05, 3.63) is 35.9 Å². The predicted octanol–water partition coefficient (Wildman–Crippen LogP) is 3.54. The second kappa shape index (κ2) is 7.97. The molecule has 1 aliphatic carbocycles. The molecular weight excluding hydrogens is 278 g/mol. The number of amides is 1. The van der Waals surface area contributed by atoms with Crippen LogP contribution in [0.1, 0.15) is 57.1 Å². The Bertz CT molecular complexity index is 492. The first-order valence-corrected chi connectivity index (χ1v) is 8.17. The Morgan fingerprint density at radius 2 is 1.68 bits per heavy atom. The van der Waals surface area contributed by atoms with Gasteiger partial charge in [0.05, 0.1) is 12.0 Å². The van der Waals surface area contributed by atoms with Gasteiger partial charge in [0.15, 0.2) is 0 Å². The number of carboxylic acids is 1. The number of aliphatic carboxylic acids is 1. The maximum atomic E-state index is 12.6. The van der Waals surface area contributed by atoms with Gasteiger partial charge >= 0.3 is 5.97 Å². The van der Waals surface area contributed by atoms with Gasteiger partial charge in [-0.2, -0.15) is 0 Å². The van der Waals surface area contributed by atoms with Gasteiger partial charge in [-0.05, 0) is 25.3 Å². The van der Waals surface area contributed by atoms with Crippen LogP contribution in [0.25, 0.3) is 0 Å². The summed E-state index contributed by atoms with van der Waals surface area (Å²) in [4.78, 5) is 23.9. The van der Waals surface area contributed by atoms with Crippen molar-refractivity contribution in [2.75, 3.05) is 0 Å². The molecule has 1 saturated carbocycles. The summed E-state index contributed by atoms with van der Waals surface area (Å²) >= 11 is 0. The normalized spacial score (nSPS) is 19.0. The van der Waals surface area contributed by atoms with Gasteiger partial charge in [-0.3, -0.25) is 9.59 Å². The molecule has 1 aromatic rings. The fourth-order valence-electron chi connectivity index (χ4n) is 3.11. The van der Waals surface area contributed by atoms with Crippen molar-refractivity contribution < 1.29 is 14.7 Å². The molecule has 1 fully saturated rings. The highest BCUT2D eigenvalue weighted by molar-refractivity contribution is 5.80. The maximum absolute atomic E-state index is 12.6. The van der Waals surface area contributed by atoms with Crippen LogP contribution in [0.15, 0.2) is 30.3 Å². The van der Waals surface area contributed by atoms with E-state index in [1.54, 1.807) is 6.92 Å². The van der Waals surface area contributed by atoms with Crippen LogP contribution in [-0.2, 0) is 9.59 Å². The van der Waals surface area contributed by atoms with Crippen LogP contribution in [0.4, 0.5) is 0 Å². The van der Waals surface area contributed by atoms with Crippen molar-refractivity contribution in [1.29, 1.82) is 0 Å². The zero-order chi connectivity index (χ0) is 15.9. The molecule has 1 amide bonds. The van der Waals surface area contributed by atoms with E-state index in [2.05, 4.69) is 5.32 Å². The molecule has 22 heavy (non-hydrogen) atoms. The van der Waals surface area contributed by atoms with Gasteiger partial charge in [0.25, 0.3) is 0 Å². The van der Waals surface area contributed by atoms with E-state index in [0.29, 0.717) is 0 Å². The molecule has 0 heterocycles. The Morgan fingerprint density at radius 1 is 1.09 bits per heavy atom. The van der Waals surface area contributed by atoms with E-state index < -0.39 is 17.9 Å². The van der Waals surface area contributed by atoms with Gasteiger partial charge in [-0.15, -0.1) is 0 Å². The summed E-state index contributed by atoms with van der Waals surface area (Å²) in [6, 6.07) is 8.90. The van der Waals surface area contributed by atoms with E-state index in [9.17, 15) is 14.7 Å². The van der Waals surface area contributed by atoms with Crippen LogP contribution < -0.4 is 5.32 Å². The van der Waals surface area contributed by atoms with Crippen LogP contribution >= 0.6 is 0 Å². The molecule has 2 rings (SSSR count). The van der Waals surface area contributed by atoms with Crippen LogP contribution in [0.5, 0.6) is 0 Å². The maximum Gasteiger partial charge on any atom is 0.308 e. The summed E-state index contributed by atoms with van der Waals surface area (Å²) in [5.74, 6) is -1.52. The lowest BCUT2D eigenvalue weighted by atomic mass is 9.92. The van der Waals surface area contributed by atoms with Crippen molar-refractivity contribution in [1.82, 2.24) is 5.32 Å². The van der Waals surface area contributed by atoms with E-state index >= 15 is 0 Å². The largest absolute Gasteiger partial charge is 0.481 e. The number of nitrogens with one attached hydrogen (secondary N) is 1. The van der Waals surface area contributed by atoms with Crippen molar-refractivity contribution in [3.63, 3.8) is 0 Å². The monoisotopic (exact) mass is 303 g/mol. The lowest BCUT2D eigenvalue weighted by molar-refractivity contribution is -0.142. The van der Waals surface area contributed by atoms with E-state index in [1.807, 2.05) is 30.3 Å². The minimum Gasteiger partial charge on any atom is -0.481 e. The topological polar surface area (TPSA) is 66.4 Å². The van der Waals surface area contributed by atoms with Crippen molar-refractivity contribution >= 4 is 11.9 Å². The van der Waals surface area contributed by atoms with Gasteiger partial charge in [-0.25, -0.2) is 0 Å². The number of carboxylic acid groups (broad SMARTS) is 1. The third-order valence-corrected chi connectivity index (χ3v) is 4.57. The minimum atomic E-state index is -0.894. The van der Waals surface area contributed by atoms with Crippen molar-refractivity contribution in [2.45, 2.75) is 51.5 Å². The van der Waals surface area contributed by atoms with Crippen LogP contribution in [0.2, 0.25) is 0 Å². The summed E-state index contributed by atoms with van der Waals surface area (Å²) in [7, 11) is 0. The predicted molar refractivity (Wildman–Crippen MR) is 85.3 cm³/mol. The zero-order valence-electron chi connectivity index (χ0n) is 13.1. The third-order valence-electron chi connectivity index (χ3n) is 4.57. The Kier molecular flexibility index (Phi) is 5.99. The van der Waals surface area contributed by atoms with E-state index in [4.69, 9.17) is 0 Å². The molecule has 120 valence electrons. The summed E-state index contributed by atoms with van der Waals surface area (Å²) in [6.45, 7) is 1.65. The second-order valence-electron chi connectivity index (χ2n) is 6.21. The lowest BCUT2D eigenvalue weighted by Gasteiger charge is -2.25. The highest BCUT2D eigenvalue weighted by Gasteiger charge is 2.29. The van der Waals surface area contributed by atoms with Crippen LogP contribution in [0.3, 0.4) is 0 Å².